The number of carbonyl (C=O) groups is 2. The Kier molecular flexibility index (Phi) is 1.88. The van der Waals surface area contributed by atoms with Crippen molar-refractivity contribution in [1.29, 1.82) is 0 Å². The molecule has 0 spiro atoms. The van der Waals surface area contributed by atoms with E-state index in [1.54, 1.807) is 0 Å². The van der Waals surface area contributed by atoms with Gasteiger partial charge in [-0.1, -0.05) is 0 Å². The van der Waals surface area contributed by atoms with Crippen molar-refractivity contribution in [3.8, 4) is 17.2 Å². The molecule has 0 saturated heterocycles. The SMILES string of the molecule is Nc1c(O)c(O)c2c(c1O)C(=O)C=CC2=O. The second-order valence-electron chi connectivity index (χ2n) is 3.27. The van der Waals surface area contributed by atoms with Gasteiger partial charge in [0.25, 0.3) is 0 Å². The fourth-order valence-electron chi connectivity index (χ4n) is 1.53. The van der Waals surface area contributed by atoms with Crippen LogP contribution in [0.2, 0.25) is 0 Å². The second-order valence-corrected chi connectivity index (χ2v) is 3.27. The van der Waals surface area contributed by atoms with Gasteiger partial charge in [-0.15, -0.1) is 0 Å². The number of benzene rings is 1. The lowest BCUT2D eigenvalue weighted by atomic mass is 9.92. The standard InChI is InChI=1S/C10H7NO5/c11-7-8(14)5-3(12)1-2-4(13)6(5)9(15)10(7)16/h1-2,14-16H,11H2. The van der Waals surface area contributed by atoms with Crippen LogP contribution in [0.5, 0.6) is 17.2 Å². The highest BCUT2D eigenvalue weighted by Crippen LogP contribution is 2.45. The van der Waals surface area contributed by atoms with E-state index in [4.69, 9.17) is 5.73 Å². The third-order valence-corrected chi connectivity index (χ3v) is 2.34. The molecule has 0 radical (unpaired) electrons. The summed E-state index contributed by atoms with van der Waals surface area (Å²) >= 11 is 0. The highest BCUT2D eigenvalue weighted by molar-refractivity contribution is 6.25. The molecule has 0 fully saturated rings. The molecule has 0 saturated carbocycles. The molecule has 0 aromatic heterocycles. The van der Waals surface area contributed by atoms with Gasteiger partial charge in [0.2, 0.25) is 0 Å². The van der Waals surface area contributed by atoms with Crippen molar-refractivity contribution in [2.24, 2.45) is 0 Å². The van der Waals surface area contributed by atoms with Crippen LogP contribution in [0.15, 0.2) is 12.2 Å². The topological polar surface area (TPSA) is 121 Å². The number of aromatic hydroxyl groups is 3. The number of rotatable bonds is 0. The monoisotopic (exact) mass is 221 g/mol. The molecule has 0 bridgehead atoms. The molecule has 0 atom stereocenters. The first kappa shape index (κ1) is 10.0. The van der Waals surface area contributed by atoms with Gasteiger partial charge in [-0.3, -0.25) is 9.59 Å². The van der Waals surface area contributed by atoms with E-state index in [0.29, 0.717) is 0 Å². The molecule has 1 aliphatic carbocycles. The molecular formula is C10H7NO5. The Bertz CT molecular complexity index is 510. The summed E-state index contributed by atoms with van der Waals surface area (Å²) < 4.78 is 0. The molecule has 82 valence electrons. The van der Waals surface area contributed by atoms with Crippen molar-refractivity contribution >= 4 is 17.3 Å². The zero-order valence-corrected chi connectivity index (χ0v) is 7.89. The lowest BCUT2D eigenvalue weighted by molar-refractivity contribution is 0.0989. The molecule has 1 aromatic carbocycles. The largest absolute Gasteiger partial charge is 0.505 e. The van der Waals surface area contributed by atoms with E-state index in [2.05, 4.69) is 0 Å². The number of ketones is 2. The first-order valence-corrected chi connectivity index (χ1v) is 4.28. The summed E-state index contributed by atoms with van der Waals surface area (Å²) in [5.41, 5.74) is 3.91. The van der Waals surface area contributed by atoms with Crippen molar-refractivity contribution in [3.63, 3.8) is 0 Å². The molecule has 6 nitrogen and oxygen atoms in total. The third-order valence-electron chi connectivity index (χ3n) is 2.34. The number of anilines is 1. The summed E-state index contributed by atoms with van der Waals surface area (Å²) in [4.78, 5) is 22.8. The van der Waals surface area contributed by atoms with Gasteiger partial charge in [0.1, 0.15) is 5.69 Å². The van der Waals surface area contributed by atoms with E-state index in [9.17, 15) is 24.9 Å². The van der Waals surface area contributed by atoms with Crippen LogP contribution in [0.4, 0.5) is 5.69 Å². The molecular weight excluding hydrogens is 214 g/mol. The van der Waals surface area contributed by atoms with E-state index in [-0.39, 0.29) is 5.56 Å². The molecule has 6 heteroatoms. The Balaban J connectivity index is 2.94. The molecule has 0 aliphatic heterocycles. The minimum absolute atomic E-state index is 0.389. The lowest BCUT2D eigenvalue weighted by Crippen LogP contribution is -2.13. The Hall–Kier alpha value is -2.50. The Morgan fingerprint density at radius 1 is 0.812 bits per heavy atom. The number of phenolic OH excluding ortho intramolecular Hbond substituents is 3. The van der Waals surface area contributed by atoms with E-state index in [0.717, 1.165) is 12.2 Å². The van der Waals surface area contributed by atoms with Crippen LogP contribution in [-0.2, 0) is 0 Å². The van der Waals surface area contributed by atoms with Gasteiger partial charge >= 0.3 is 0 Å². The highest BCUT2D eigenvalue weighted by Gasteiger charge is 2.30. The van der Waals surface area contributed by atoms with Crippen LogP contribution in [0.25, 0.3) is 0 Å². The van der Waals surface area contributed by atoms with Gasteiger partial charge in [0.15, 0.2) is 28.8 Å². The van der Waals surface area contributed by atoms with Crippen LogP contribution in [0, 0.1) is 0 Å². The van der Waals surface area contributed by atoms with Crippen molar-refractivity contribution in [1.82, 2.24) is 0 Å². The van der Waals surface area contributed by atoms with Crippen LogP contribution < -0.4 is 5.73 Å². The molecule has 16 heavy (non-hydrogen) atoms. The molecule has 5 N–H and O–H groups in total. The minimum atomic E-state index is -0.812. The predicted molar refractivity (Wildman–Crippen MR) is 53.6 cm³/mol. The van der Waals surface area contributed by atoms with Gasteiger partial charge in [0, 0.05) is 0 Å². The average molecular weight is 221 g/mol. The number of allylic oxidation sites excluding steroid dienone is 2. The van der Waals surface area contributed by atoms with Crippen molar-refractivity contribution < 1.29 is 24.9 Å². The summed E-state index contributed by atoms with van der Waals surface area (Å²) in [6.45, 7) is 0. The van der Waals surface area contributed by atoms with Crippen LogP contribution >= 0.6 is 0 Å². The maximum atomic E-state index is 11.4. The summed E-state index contributed by atoms with van der Waals surface area (Å²) in [6.07, 6.45) is 1.90. The van der Waals surface area contributed by atoms with E-state index < -0.39 is 40.1 Å². The van der Waals surface area contributed by atoms with Crippen molar-refractivity contribution in [2.45, 2.75) is 0 Å². The second kappa shape index (κ2) is 2.99. The zero-order chi connectivity index (χ0) is 12.0. The number of nitrogens with two attached hydrogens (primary N) is 1. The predicted octanol–water partition coefficient (Wildman–Crippen LogP) is 0.321. The van der Waals surface area contributed by atoms with Crippen molar-refractivity contribution in [2.75, 3.05) is 5.73 Å². The van der Waals surface area contributed by atoms with Gasteiger partial charge in [-0.2, -0.15) is 0 Å². The summed E-state index contributed by atoms with van der Waals surface area (Å²) in [5.74, 6) is -3.65. The van der Waals surface area contributed by atoms with Crippen molar-refractivity contribution in [3.05, 3.63) is 23.3 Å². The summed E-state index contributed by atoms with van der Waals surface area (Å²) in [7, 11) is 0. The number of hydrogen-bond acceptors (Lipinski definition) is 6. The highest BCUT2D eigenvalue weighted by atomic mass is 16.3. The molecule has 0 unspecified atom stereocenters. The van der Waals surface area contributed by atoms with Crippen LogP contribution in [0.1, 0.15) is 20.7 Å². The summed E-state index contributed by atoms with van der Waals surface area (Å²) in [5, 5.41) is 28.3. The number of nitrogen functional groups attached to an aromatic ring is 1. The summed E-state index contributed by atoms with van der Waals surface area (Å²) in [6, 6.07) is 0. The molecule has 1 aliphatic rings. The van der Waals surface area contributed by atoms with E-state index in [1.807, 2.05) is 0 Å². The number of carbonyl (C=O) groups excluding carboxylic acids is 2. The molecule has 0 heterocycles. The maximum absolute atomic E-state index is 11.4. The first-order chi connectivity index (χ1) is 7.45. The Morgan fingerprint density at radius 3 is 1.75 bits per heavy atom. The molecule has 1 aromatic rings. The van der Waals surface area contributed by atoms with Gasteiger partial charge < -0.3 is 21.1 Å². The van der Waals surface area contributed by atoms with Crippen LogP contribution in [-0.4, -0.2) is 26.9 Å². The van der Waals surface area contributed by atoms with Gasteiger partial charge in [0.05, 0.1) is 11.1 Å². The minimum Gasteiger partial charge on any atom is -0.505 e. The smallest absolute Gasteiger partial charge is 0.190 e. The first-order valence-electron chi connectivity index (χ1n) is 4.28. The normalized spacial score (nSPS) is 14.0. The van der Waals surface area contributed by atoms with Crippen LogP contribution in [0.3, 0.4) is 0 Å². The Labute approximate surface area is 89.2 Å². The van der Waals surface area contributed by atoms with Gasteiger partial charge in [-0.05, 0) is 12.2 Å². The fraction of sp³-hybridized carbons (Fsp3) is 0. The number of phenols is 3. The van der Waals surface area contributed by atoms with E-state index >= 15 is 0 Å². The third kappa shape index (κ3) is 1.07. The fourth-order valence-corrected chi connectivity index (χ4v) is 1.53. The number of fused-ring (bicyclic) bond motifs is 1. The lowest BCUT2D eigenvalue weighted by Gasteiger charge is -2.15. The maximum Gasteiger partial charge on any atom is 0.190 e. The molecule has 2 rings (SSSR count). The number of hydrogen-bond donors (Lipinski definition) is 4. The quantitative estimate of drug-likeness (QED) is 0.284. The Morgan fingerprint density at radius 2 is 1.25 bits per heavy atom. The molecule has 0 amide bonds. The average Bonchev–Trinajstić information content (AvgIpc) is 2.26. The van der Waals surface area contributed by atoms with Gasteiger partial charge in [-0.25, -0.2) is 0 Å². The zero-order valence-electron chi connectivity index (χ0n) is 7.89. The van der Waals surface area contributed by atoms with E-state index in [1.165, 1.54) is 0 Å².